The zero-order valence-corrected chi connectivity index (χ0v) is 19.0. The standard InChI is InChI=1S/C22H23N7O3S/c1-15-4-6-17(7-5-15)29-20(12-19(26-29)16-8-11-27(14-16)33(2,31)32)25-22(30)18-13-24-28-10-3-9-23-21(18)28/h3-7,9-10,12-13,16H,8,11,14H2,1-2H3,(H,25,30). The minimum Gasteiger partial charge on any atom is -0.306 e. The lowest BCUT2D eigenvalue weighted by molar-refractivity contribution is 0.102. The summed E-state index contributed by atoms with van der Waals surface area (Å²) in [5.74, 6) is 0.0837. The molecule has 1 saturated heterocycles. The third kappa shape index (κ3) is 4.12. The highest BCUT2D eigenvalue weighted by Gasteiger charge is 2.32. The highest BCUT2D eigenvalue weighted by molar-refractivity contribution is 7.88. The van der Waals surface area contributed by atoms with Gasteiger partial charge in [-0.2, -0.15) is 10.2 Å². The quantitative estimate of drug-likeness (QED) is 0.483. The van der Waals surface area contributed by atoms with E-state index in [1.165, 1.54) is 21.3 Å². The molecule has 11 heteroatoms. The largest absolute Gasteiger partial charge is 0.306 e. The predicted molar refractivity (Wildman–Crippen MR) is 123 cm³/mol. The number of amides is 1. The lowest BCUT2D eigenvalue weighted by atomic mass is 10.1. The van der Waals surface area contributed by atoms with E-state index < -0.39 is 10.0 Å². The van der Waals surface area contributed by atoms with Gasteiger partial charge in [0.1, 0.15) is 11.4 Å². The molecule has 0 bridgehead atoms. The molecular weight excluding hydrogens is 442 g/mol. The fraction of sp³-hybridized carbons (Fsp3) is 0.273. The van der Waals surface area contributed by atoms with Crippen LogP contribution >= 0.6 is 0 Å². The first-order valence-electron chi connectivity index (χ1n) is 10.5. The lowest BCUT2D eigenvalue weighted by Gasteiger charge is -2.12. The van der Waals surface area contributed by atoms with E-state index in [0.29, 0.717) is 36.5 Å². The number of aromatic nitrogens is 5. The van der Waals surface area contributed by atoms with Crippen LogP contribution in [0.5, 0.6) is 0 Å². The van der Waals surface area contributed by atoms with Crippen LogP contribution in [0.15, 0.2) is 55.0 Å². The van der Waals surface area contributed by atoms with Crippen molar-refractivity contribution in [3.05, 3.63) is 71.8 Å². The summed E-state index contributed by atoms with van der Waals surface area (Å²) in [5, 5.41) is 11.9. The molecule has 5 rings (SSSR count). The van der Waals surface area contributed by atoms with Crippen molar-refractivity contribution in [2.24, 2.45) is 0 Å². The number of carbonyl (C=O) groups excluding carboxylic acids is 1. The van der Waals surface area contributed by atoms with Gasteiger partial charge in [-0.25, -0.2) is 26.9 Å². The average molecular weight is 466 g/mol. The topological polar surface area (TPSA) is 114 Å². The van der Waals surface area contributed by atoms with Crippen LogP contribution in [0.2, 0.25) is 0 Å². The van der Waals surface area contributed by atoms with Crippen molar-refractivity contribution >= 4 is 27.4 Å². The second-order valence-electron chi connectivity index (χ2n) is 8.21. The Morgan fingerprint density at radius 2 is 2.00 bits per heavy atom. The molecule has 1 amide bonds. The number of fused-ring (bicyclic) bond motifs is 1. The Morgan fingerprint density at radius 3 is 2.73 bits per heavy atom. The van der Waals surface area contributed by atoms with Gasteiger partial charge in [0.05, 0.1) is 23.8 Å². The van der Waals surface area contributed by atoms with Crippen molar-refractivity contribution < 1.29 is 13.2 Å². The number of aryl methyl sites for hydroxylation is 1. The van der Waals surface area contributed by atoms with Crippen molar-refractivity contribution in [3.8, 4) is 5.69 Å². The van der Waals surface area contributed by atoms with Crippen LogP contribution < -0.4 is 5.32 Å². The maximum Gasteiger partial charge on any atom is 0.262 e. The van der Waals surface area contributed by atoms with Crippen LogP contribution in [0.3, 0.4) is 0 Å². The fourth-order valence-corrected chi connectivity index (χ4v) is 4.90. The molecule has 0 spiro atoms. The highest BCUT2D eigenvalue weighted by Crippen LogP contribution is 2.31. The van der Waals surface area contributed by atoms with Gasteiger partial charge in [0.15, 0.2) is 5.65 Å². The predicted octanol–water partition coefficient (Wildman–Crippen LogP) is 2.22. The molecule has 0 radical (unpaired) electrons. The van der Waals surface area contributed by atoms with Gasteiger partial charge in [0, 0.05) is 37.5 Å². The molecule has 1 aromatic carbocycles. The number of benzene rings is 1. The zero-order valence-electron chi connectivity index (χ0n) is 18.2. The van der Waals surface area contributed by atoms with Gasteiger partial charge in [0.2, 0.25) is 10.0 Å². The Labute approximate surface area is 190 Å². The molecule has 1 fully saturated rings. The molecule has 3 aromatic heterocycles. The SMILES string of the molecule is Cc1ccc(-n2nc(C3CCN(S(C)(=O)=O)C3)cc2NC(=O)c2cnn3cccnc23)cc1. The van der Waals surface area contributed by atoms with Gasteiger partial charge < -0.3 is 5.32 Å². The van der Waals surface area contributed by atoms with E-state index in [4.69, 9.17) is 5.10 Å². The van der Waals surface area contributed by atoms with Crippen LogP contribution in [-0.2, 0) is 10.0 Å². The van der Waals surface area contributed by atoms with Gasteiger partial charge in [-0.3, -0.25) is 4.79 Å². The lowest BCUT2D eigenvalue weighted by Crippen LogP contribution is -2.27. The minimum atomic E-state index is -3.26. The smallest absolute Gasteiger partial charge is 0.262 e. The molecule has 0 saturated carbocycles. The number of anilines is 1. The third-order valence-corrected chi connectivity index (χ3v) is 7.08. The van der Waals surface area contributed by atoms with Crippen molar-refractivity contribution in [1.29, 1.82) is 0 Å². The number of hydrogen-bond donors (Lipinski definition) is 1. The first kappa shape index (κ1) is 21.3. The summed E-state index contributed by atoms with van der Waals surface area (Å²) in [5.41, 5.74) is 3.43. The normalized spacial score (nSPS) is 17.0. The highest BCUT2D eigenvalue weighted by atomic mass is 32.2. The van der Waals surface area contributed by atoms with Crippen LogP contribution in [-0.4, -0.2) is 62.4 Å². The number of hydrogen-bond acceptors (Lipinski definition) is 6. The van der Waals surface area contributed by atoms with Crippen molar-refractivity contribution in [2.45, 2.75) is 19.3 Å². The van der Waals surface area contributed by atoms with Crippen molar-refractivity contribution in [2.75, 3.05) is 24.7 Å². The fourth-order valence-electron chi connectivity index (χ4n) is 4.01. The first-order chi connectivity index (χ1) is 15.8. The molecule has 10 nitrogen and oxygen atoms in total. The molecule has 1 unspecified atom stereocenters. The van der Waals surface area contributed by atoms with E-state index in [9.17, 15) is 13.2 Å². The molecular formula is C22H23N7O3S. The molecule has 1 N–H and O–H groups in total. The number of carbonyl (C=O) groups is 1. The zero-order chi connectivity index (χ0) is 23.2. The van der Waals surface area contributed by atoms with Gasteiger partial charge in [-0.1, -0.05) is 17.7 Å². The minimum absolute atomic E-state index is 0.0549. The van der Waals surface area contributed by atoms with Crippen LogP contribution in [0, 0.1) is 6.92 Å². The number of rotatable bonds is 5. The summed E-state index contributed by atoms with van der Waals surface area (Å²) in [7, 11) is -3.26. The summed E-state index contributed by atoms with van der Waals surface area (Å²) in [6, 6.07) is 11.3. The first-order valence-corrected chi connectivity index (χ1v) is 12.4. The van der Waals surface area contributed by atoms with Crippen molar-refractivity contribution in [1.82, 2.24) is 28.7 Å². The van der Waals surface area contributed by atoms with Gasteiger partial charge in [0.25, 0.3) is 5.91 Å². The third-order valence-electron chi connectivity index (χ3n) is 5.81. The van der Waals surface area contributed by atoms with Crippen LogP contribution in [0.1, 0.15) is 34.0 Å². The molecule has 1 aliphatic heterocycles. The molecule has 0 aliphatic carbocycles. The van der Waals surface area contributed by atoms with Crippen LogP contribution in [0.4, 0.5) is 5.82 Å². The Bertz CT molecular complexity index is 1440. The Kier molecular flexibility index (Phi) is 5.22. The summed E-state index contributed by atoms with van der Waals surface area (Å²) in [6.07, 6.45) is 6.70. The van der Waals surface area contributed by atoms with E-state index in [1.807, 2.05) is 37.3 Å². The van der Waals surface area contributed by atoms with E-state index in [0.717, 1.165) is 16.9 Å². The summed E-state index contributed by atoms with van der Waals surface area (Å²) in [4.78, 5) is 17.4. The molecule has 4 aromatic rings. The van der Waals surface area contributed by atoms with E-state index in [2.05, 4.69) is 15.4 Å². The molecule has 1 aliphatic rings. The maximum atomic E-state index is 13.1. The summed E-state index contributed by atoms with van der Waals surface area (Å²) >= 11 is 0. The monoisotopic (exact) mass is 465 g/mol. The summed E-state index contributed by atoms with van der Waals surface area (Å²) in [6.45, 7) is 2.82. The van der Waals surface area contributed by atoms with Gasteiger partial charge in [-0.05, 0) is 31.5 Å². The molecule has 4 heterocycles. The molecule has 170 valence electrons. The second kappa shape index (κ2) is 8.09. The Hall–Kier alpha value is -3.57. The van der Waals surface area contributed by atoms with Gasteiger partial charge >= 0.3 is 0 Å². The van der Waals surface area contributed by atoms with Crippen LogP contribution in [0.25, 0.3) is 11.3 Å². The number of nitrogens with zero attached hydrogens (tertiary/aromatic N) is 6. The molecule has 33 heavy (non-hydrogen) atoms. The maximum absolute atomic E-state index is 13.1. The second-order valence-corrected chi connectivity index (χ2v) is 10.2. The van der Waals surface area contributed by atoms with E-state index in [1.54, 1.807) is 23.1 Å². The van der Waals surface area contributed by atoms with Crippen molar-refractivity contribution in [3.63, 3.8) is 0 Å². The number of sulfonamides is 1. The van der Waals surface area contributed by atoms with E-state index in [-0.39, 0.29) is 11.8 Å². The van der Waals surface area contributed by atoms with E-state index >= 15 is 0 Å². The summed E-state index contributed by atoms with van der Waals surface area (Å²) < 4.78 is 28.6. The Balaban J connectivity index is 1.50. The van der Waals surface area contributed by atoms with Gasteiger partial charge in [-0.15, -0.1) is 0 Å². The molecule has 1 atom stereocenters. The average Bonchev–Trinajstić information content (AvgIpc) is 3.52. The number of nitrogens with one attached hydrogen (secondary N) is 1. The Morgan fingerprint density at radius 1 is 1.21 bits per heavy atom.